The Morgan fingerprint density at radius 2 is 1.62 bits per heavy atom. The molecule has 0 saturated carbocycles. The molecule has 2 aromatic rings. The highest BCUT2D eigenvalue weighted by atomic mass is 35.5. The van der Waals surface area contributed by atoms with Crippen LogP contribution in [0.1, 0.15) is 57.0 Å². The minimum Gasteiger partial charge on any atom is -0.489 e. The van der Waals surface area contributed by atoms with E-state index < -0.39 is 0 Å². The van der Waals surface area contributed by atoms with E-state index in [-0.39, 0.29) is 16.9 Å². The lowest BCUT2D eigenvalue weighted by Crippen LogP contribution is -2.45. The second-order valence-corrected chi connectivity index (χ2v) is 8.89. The van der Waals surface area contributed by atoms with Gasteiger partial charge in [-0.25, -0.2) is 0 Å². The number of amides is 1. The van der Waals surface area contributed by atoms with E-state index >= 15 is 0 Å². The quantitative estimate of drug-likeness (QED) is 0.688. The molecule has 3 nitrogen and oxygen atoms in total. The molecule has 0 heterocycles. The van der Waals surface area contributed by atoms with Crippen molar-refractivity contribution in [2.45, 2.75) is 53.2 Å². The third-order valence-corrected chi connectivity index (χ3v) is 4.26. The molecule has 1 N–H and O–H groups in total. The van der Waals surface area contributed by atoms with Crippen molar-refractivity contribution in [3.8, 4) is 5.75 Å². The lowest BCUT2D eigenvalue weighted by Gasteiger charge is -2.33. The number of halogens is 1. The molecule has 0 unspecified atom stereocenters. The van der Waals surface area contributed by atoms with Gasteiger partial charge in [-0.3, -0.25) is 4.79 Å². The van der Waals surface area contributed by atoms with Gasteiger partial charge in [-0.15, -0.1) is 0 Å². The van der Waals surface area contributed by atoms with Gasteiger partial charge >= 0.3 is 0 Å². The van der Waals surface area contributed by atoms with Crippen LogP contribution in [0.5, 0.6) is 5.75 Å². The largest absolute Gasteiger partial charge is 0.489 e. The first-order valence-electron chi connectivity index (χ1n) is 8.85. The molecule has 0 radical (unpaired) electrons. The molecule has 26 heavy (non-hydrogen) atoms. The van der Waals surface area contributed by atoms with Gasteiger partial charge in [0.1, 0.15) is 12.4 Å². The zero-order valence-corrected chi connectivity index (χ0v) is 17.0. The van der Waals surface area contributed by atoms with Crippen molar-refractivity contribution in [3.05, 3.63) is 64.7 Å². The number of carbonyl (C=O) groups excluding carboxylic acids is 1. The molecule has 0 aliphatic carbocycles. The molecule has 0 atom stereocenters. The Bertz CT molecular complexity index is 745. The summed E-state index contributed by atoms with van der Waals surface area (Å²) in [5.74, 6) is 0.632. The molecule has 0 saturated heterocycles. The lowest BCUT2D eigenvalue weighted by atomic mass is 9.81. The van der Waals surface area contributed by atoms with Crippen LogP contribution in [0, 0.1) is 5.41 Å². The predicted molar refractivity (Wildman–Crippen MR) is 108 cm³/mol. The van der Waals surface area contributed by atoms with E-state index in [1.165, 1.54) is 0 Å². The van der Waals surface area contributed by atoms with E-state index in [0.29, 0.717) is 22.9 Å². The minimum absolute atomic E-state index is 0.0723. The number of hydrogen-bond donors (Lipinski definition) is 1. The highest BCUT2D eigenvalue weighted by Gasteiger charge is 2.27. The molecular weight excluding hydrogens is 346 g/mol. The topological polar surface area (TPSA) is 38.3 Å². The van der Waals surface area contributed by atoms with Gasteiger partial charge in [-0.1, -0.05) is 50.6 Å². The molecule has 0 spiro atoms. The first-order valence-corrected chi connectivity index (χ1v) is 9.22. The van der Waals surface area contributed by atoms with Crippen molar-refractivity contribution in [2.75, 3.05) is 0 Å². The van der Waals surface area contributed by atoms with Crippen LogP contribution in [0.15, 0.2) is 48.5 Å². The van der Waals surface area contributed by atoms with Crippen LogP contribution in [0.4, 0.5) is 0 Å². The van der Waals surface area contributed by atoms with Crippen molar-refractivity contribution in [1.82, 2.24) is 5.32 Å². The monoisotopic (exact) mass is 373 g/mol. The highest BCUT2D eigenvalue weighted by molar-refractivity contribution is 6.31. The van der Waals surface area contributed by atoms with E-state index in [1.807, 2.05) is 36.4 Å². The summed E-state index contributed by atoms with van der Waals surface area (Å²) >= 11 is 6.13. The Hall–Kier alpha value is -2.00. The summed E-state index contributed by atoms with van der Waals surface area (Å²) in [5, 5.41) is 3.80. The van der Waals surface area contributed by atoms with Gasteiger partial charge in [0.2, 0.25) is 0 Å². The summed E-state index contributed by atoms with van der Waals surface area (Å²) in [5.41, 5.74) is 1.43. The second kappa shape index (κ2) is 8.13. The third kappa shape index (κ3) is 6.38. The van der Waals surface area contributed by atoms with Crippen LogP contribution < -0.4 is 10.1 Å². The molecule has 2 rings (SSSR count). The number of ether oxygens (including phenoxy) is 1. The molecule has 0 aliphatic heterocycles. The summed E-state index contributed by atoms with van der Waals surface area (Å²) in [6.07, 6.45) is 0.894. The van der Waals surface area contributed by atoms with Crippen LogP contribution in [0.25, 0.3) is 0 Å². The molecular formula is C22H28ClNO2. The second-order valence-electron chi connectivity index (χ2n) is 8.48. The van der Waals surface area contributed by atoms with Gasteiger partial charge in [-0.05, 0) is 56.0 Å². The first kappa shape index (κ1) is 20.3. The van der Waals surface area contributed by atoms with Gasteiger partial charge in [0.15, 0.2) is 0 Å². The maximum atomic E-state index is 12.5. The van der Waals surface area contributed by atoms with Gasteiger partial charge in [-0.2, -0.15) is 0 Å². The maximum absolute atomic E-state index is 12.5. The number of rotatable bonds is 6. The smallest absolute Gasteiger partial charge is 0.251 e. The molecule has 1 amide bonds. The predicted octanol–water partition coefficient (Wildman–Crippen LogP) is 5.86. The van der Waals surface area contributed by atoms with Crippen molar-refractivity contribution < 1.29 is 9.53 Å². The summed E-state index contributed by atoms with van der Waals surface area (Å²) in [6.45, 7) is 11.0. The van der Waals surface area contributed by atoms with E-state index in [1.54, 1.807) is 12.1 Å². The van der Waals surface area contributed by atoms with Crippen molar-refractivity contribution >= 4 is 17.5 Å². The first-order chi connectivity index (χ1) is 12.1. The minimum atomic E-state index is -0.269. The fourth-order valence-corrected chi connectivity index (χ4v) is 3.42. The molecule has 0 fully saturated rings. The van der Waals surface area contributed by atoms with Gasteiger partial charge in [0, 0.05) is 21.7 Å². The van der Waals surface area contributed by atoms with Crippen LogP contribution in [0.2, 0.25) is 5.02 Å². The number of carbonyl (C=O) groups is 1. The van der Waals surface area contributed by atoms with E-state index in [2.05, 4.69) is 39.9 Å². The van der Waals surface area contributed by atoms with Crippen molar-refractivity contribution in [1.29, 1.82) is 0 Å². The summed E-state index contributed by atoms with van der Waals surface area (Å²) in [4.78, 5) is 12.5. The Morgan fingerprint density at radius 3 is 2.19 bits per heavy atom. The van der Waals surface area contributed by atoms with Gasteiger partial charge < -0.3 is 10.1 Å². The number of benzene rings is 2. The fourth-order valence-electron chi connectivity index (χ4n) is 3.23. The molecule has 4 heteroatoms. The molecule has 140 valence electrons. The summed E-state index contributed by atoms with van der Waals surface area (Å²) in [6, 6.07) is 14.8. The fraction of sp³-hybridized carbons (Fsp3) is 0.409. The van der Waals surface area contributed by atoms with E-state index in [9.17, 15) is 4.79 Å². The number of nitrogens with one attached hydrogen (secondary N) is 1. The zero-order chi connectivity index (χ0) is 19.4. The lowest BCUT2D eigenvalue weighted by molar-refractivity contribution is 0.0891. The Morgan fingerprint density at radius 1 is 1.00 bits per heavy atom. The summed E-state index contributed by atoms with van der Waals surface area (Å²) in [7, 11) is 0. The molecule has 0 bridgehead atoms. The van der Waals surface area contributed by atoms with Crippen molar-refractivity contribution in [3.63, 3.8) is 0 Å². The normalized spacial score (nSPS) is 11.9. The van der Waals surface area contributed by atoms with E-state index in [0.717, 1.165) is 12.0 Å². The SMILES string of the molecule is CC(C)(C)CC(C)(C)NC(=O)c1ccc(OCc2ccccc2Cl)cc1. The standard InChI is InChI=1S/C22H28ClNO2/c1-21(2,3)15-22(4,5)24-20(25)16-10-12-18(13-11-16)26-14-17-8-6-7-9-19(17)23/h6-13H,14-15H2,1-5H3,(H,24,25). The van der Waals surface area contributed by atoms with Crippen LogP contribution >= 0.6 is 11.6 Å². The Labute approximate surface area is 161 Å². The molecule has 0 aliphatic rings. The Kier molecular flexibility index (Phi) is 6.35. The van der Waals surface area contributed by atoms with Crippen LogP contribution in [0.3, 0.4) is 0 Å². The van der Waals surface area contributed by atoms with Crippen LogP contribution in [-0.2, 0) is 6.61 Å². The Balaban J connectivity index is 1.96. The van der Waals surface area contributed by atoms with Crippen LogP contribution in [-0.4, -0.2) is 11.4 Å². The number of hydrogen-bond acceptors (Lipinski definition) is 2. The average Bonchev–Trinajstić information content (AvgIpc) is 2.51. The third-order valence-electron chi connectivity index (χ3n) is 3.89. The summed E-state index contributed by atoms with van der Waals surface area (Å²) < 4.78 is 5.76. The highest BCUT2D eigenvalue weighted by Crippen LogP contribution is 2.27. The average molecular weight is 374 g/mol. The maximum Gasteiger partial charge on any atom is 0.251 e. The zero-order valence-electron chi connectivity index (χ0n) is 16.2. The van der Waals surface area contributed by atoms with Gasteiger partial charge in [0.05, 0.1) is 0 Å². The van der Waals surface area contributed by atoms with E-state index in [4.69, 9.17) is 16.3 Å². The molecule has 0 aromatic heterocycles. The molecule has 2 aromatic carbocycles. The van der Waals surface area contributed by atoms with Gasteiger partial charge in [0.25, 0.3) is 5.91 Å². The van der Waals surface area contributed by atoms with Crippen molar-refractivity contribution in [2.24, 2.45) is 5.41 Å².